The van der Waals surface area contributed by atoms with Crippen LogP contribution in [0.5, 0.6) is 0 Å². The predicted octanol–water partition coefficient (Wildman–Crippen LogP) is 5.75. The van der Waals surface area contributed by atoms with Crippen molar-refractivity contribution in [2.75, 3.05) is 11.5 Å². The Kier molecular flexibility index (Phi) is 4.97. The summed E-state index contributed by atoms with van der Waals surface area (Å²) < 4.78 is 0. The molecule has 0 bridgehead atoms. The van der Waals surface area contributed by atoms with E-state index >= 15 is 0 Å². The van der Waals surface area contributed by atoms with Gasteiger partial charge in [-0.15, -0.1) is 0 Å². The van der Waals surface area contributed by atoms with Crippen LogP contribution in [0.15, 0.2) is 60.9 Å². The molecule has 0 saturated heterocycles. The van der Waals surface area contributed by atoms with Crippen LogP contribution in [0.25, 0.3) is 11.3 Å². The fourth-order valence-electron chi connectivity index (χ4n) is 5.47. The second-order valence-corrected chi connectivity index (χ2v) is 8.99. The first-order valence-electron chi connectivity index (χ1n) is 11.6. The lowest BCUT2D eigenvalue weighted by Gasteiger charge is -2.34. The highest BCUT2D eigenvalue weighted by Gasteiger charge is 2.48. The van der Waals surface area contributed by atoms with Gasteiger partial charge in [-0.3, -0.25) is 9.97 Å². The summed E-state index contributed by atoms with van der Waals surface area (Å²) in [5.41, 5.74) is 25.1. The van der Waals surface area contributed by atoms with Crippen LogP contribution in [0, 0.1) is 13.8 Å². The average Bonchev–Trinajstić information content (AvgIpc) is 3.14. The van der Waals surface area contributed by atoms with Crippen molar-refractivity contribution in [3.05, 3.63) is 106 Å². The molecule has 0 spiro atoms. The van der Waals surface area contributed by atoms with E-state index in [4.69, 9.17) is 21.4 Å². The SMILES string of the molecule is CCc1cc(C2(c3cc(C)c(N)c(CC)c3)c3ccccc3-c3nccnc32)cc(C)c1N. The Hall–Kier alpha value is -3.66. The van der Waals surface area contributed by atoms with Crippen molar-refractivity contribution in [2.24, 2.45) is 0 Å². The zero-order valence-electron chi connectivity index (χ0n) is 19.7. The first kappa shape index (κ1) is 21.2. The third-order valence-corrected chi connectivity index (χ3v) is 7.21. The maximum atomic E-state index is 6.48. The molecular weight excluding hydrogens is 404 g/mol. The van der Waals surface area contributed by atoms with Crippen molar-refractivity contribution in [3.63, 3.8) is 0 Å². The summed E-state index contributed by atoms with van der Waals surface area (Å²) >= 11 is 0. The van der Waals surface area contributed by atoms with Crippen LogP contribution >= 0.6 is 0 Å². The van der Waals surface area contributed by atoms with Gasteiger partial charge in [0.15, 0.2) is 0 Å². The molecule has 0 radical (unpaired) electrons. The standard InChI is InChI=1S/C29H30N4/c1-5-19-15-21(13-17(3)25(19)30)29(22-14-18(4)26(31)20(6-2)16-22)24-10-8-7-9-23(24)27-28(29)33-12-11-32-27/h7-16H,5-6,30-31H2,1-4H3. The van der Waals surface area contributed by atoms with Crippen LogP contribution in [-0.4, -0.2) is 9.97 Å². The second kappa shape index (κ2) is 7.73. The minimum Gasteiger partial charge on any atom is -0.398 e. The second-order valence-electron chi connectivity index (χ2n) is 8.99. The van der Waals surface area contributed by atoms with Crippen molar-refractivity contribution in [3.8, 4) is 11.3 Å². The highest BCUT2D eigenvalue weighted by atomic mass is 14.8. The number of benzene rings is 3. The molecule has 1 aliphatic rings. The minimum absolute atomic E-state index is 0.592. The monoisotopic (exact) mass is 434 g/mol. The van der Waals surface area contributed by atoms with Gasteiger partial charge in [0.2, 0.25) is 0 Å². The fraction of sp³-hybridized carbons (Fsp3) is 0.241. The van der Waals surface area contributed by atoms with Gasteiger partial charge in [0.05, 0.1) is 16.8 Å². The van der Waals surface area contributed by atoms with Gasteiger partial charge in [-0.2, -0.15) is 0 Å². The number of rotatable bonds is 4. The van der Waals surface area contributed by atoms with E-state index in [1.165, 1.54) is 16.7 Å². The molecule has 5 rings (SSSR count). The third-order valence-electron chi connectivity index (χ3n) is 7.21. The molecule has 4 heteroatoms. The lowest BCUT2D eigenvalue weighted by atomic mass is 9.68. The fourth-order valence-corrected chi connectivity index (χ4v) is 5.47. The van der Waals surface area contributed by atoms with Crippen LogP contribution in [-0.2, 0) is 18.3 Å². The smallest absolute Gasteiger partial charge is 0.0937 e. The Morgan fingerprint density at radius 2 is 1.30 bits per heavy atom. The van der Waals surface area contributed by atoms with E-state index in [9.17, 15) is 0 Å². The summed E-state index contributed by atoms with van der Waals surface area (Å²) in [4.78, 5) is 9.77. The summed E-state index contributed by atoms with van der Waals surface area (Å²) in [5, 5.41) is 0. The summed E-state index contributed by atoms with van der Waals surface area (Å²) in [7, 11) is 0. The van der Waals surface area contributed by atoms with Gasteiger partial charge in [-0.25, -0.2) is 0 Å². The molecule has 3 aromatic carbocycles. The molecule has 0 atom stereocenters. The number of aryl methyl sites for hydroxylation is 4. The van der Waals surface area contributed by atoms with Crippen molar-refractivity contribution >= 4 is 11.4 Å². The van der Waals surface area contributed by atoms with Gasteiger partial charge in [0, 0.05) is 29.3 Å². The minimum atomic E-state index is -0.592. The number of anilines is 2. The van der Waals surface area contributed by atoms with Gasteiger partial charge in [-0.1, -0.05) is 62.4 Å². The molecule has 33 heavy (non-hydrogen) atoms. The van der Waals surface area contributed by atoms with Crippen LogP contribution in [0.2, 0.25) is 0 Å². The molecule has 4 nitrogen and oxygen atoms in total. The highest BCUT2D eigenvalue weighted by Crippen LogP contribution is 2.55. The molecule has 0 unspecified atom stereocenters. The van der Waals surface area contributed by atoms with E-state index in [1.807, 2.05) is 0 Å². The zero-order valence-corrected chi connectivity index (χ0v) is 19.7. The van der Waals surface area contributed by atoms with E-state index in [1.54, 1.807) is 12.4 Å². The van der Waals surface area contributed by atoms with Crippen LogP contribution in [0.3, 0.4) is 0 Å². The molecule has 0 amide bonds. The van der Waals surface area contributed by atoms with E-state index in [-0.39, 0.29) is 0 Å². The molecule has 0 fully saturated rings. The van der Waals surface area contributed by atoms with Gasteiger partial charge < -0.3 is 11.5 Å². The Bertz CT molecular complexity index is 1280. The molecule has 1 aliphatic carbocycles. The first-order chi connectivity index (χ1) is 15.9. The van der Waals surface area contributed by atoms with E-state index < -0.39 is 5.41 Å². The summed E-state index contributed by atoms with van der Waals surface area (Å²) in [6, 6.07) is 17.5. The molecular formula is C29H30N4. The number of aromatic nitrogens is 2. The number of nitrogen functional groups attached to an aromatic ring is 2. The van der Waals surface area contributed by atoms with Crippen molar-refractivity contribution in [1.29, 1.82) is 0 Å². The Morgan fingerprint density at radius 1 is 0.758 bits per heavy atom. The van der Waals surface area contributed by atoms with E-state index in [0.29, 0.717) is 0 Å². The summed E-state index contributed by atoms with van der Waals surface area (Å²) in [6.07, 6.45) is 5.32. The molecule has 1 aromatic heterocycles. The lowest BCUT2D eigenvalue weighted by Crippen LogP contribution is -2.30. The number of hydrogen-bond acceptors (Lipinski definition) is 4. The molecule has 166 valence electrons. The average molecular weight is 435 g/mol. The maximum absolute atomic E-state index is 6.48. The Labute approximate surface area is 195 Å². The number of nitrogens with two attached hydrogens (primary N) is 2. The molecule has 4 N–H and O–H groups in total. The highest BCUT2D eigenvalue weighted by molar-refractivity contribution is 5.83. The van der Waals surface area contributed by atoms with Crippen molar-refractivity contribution < 1.29 is 0 Å². The molecule has 0 saturated carbocycles. The van der Waals surface area contributed by atoms with Gasteiger partial charge >= 0.3 is 0 Å². The van der Waals surface area contributed by atoms with Crippen LogP contribution in [0.1, 0.15) is 58.5 Å². The number of nitrogens with zero attached hydrogens (tertiary/aromatic N) is 2. The Balaban J connectivity index is 1.99. The quantitative estimate of drug-likeness (QED) is 0.353. The van der Waals surface area contributed by atoms with E-state index in [2.05, 4.69) is 76.2 Å². The Morgan fingerprint density at radius 3 is 1.88 bits per heavy atom. The van der Waals surface area contributed by atoms with Crippen LogP contribution in [0.4, 0.5) is 11.4 Å². The first-order valence-corrected chi connectivity index (χ1v) is 11.6. The number of hydrogen-bond donors (Lipinski definition) is 2. The summed E-state index contributed by atoms with van der Waals surface area (Å²) in [6.45, 7) is 8.49. The zero-order chi connectivity index (χ0) is 23.3. The largest absolute Gasteiger partial charge is 0.398 e. The van der Waals surface area contributed by atoms with Crippen LogP contribution < -0.4 is 11.5 Å². The third kappa shape index (κ3) is 2.90. The summed E-state index contributed by atoms with van der Waals surface area (Å²) in [5.74, 6) is 0. The molecule has 1 heterocycles. The molecule has 0 aliphatic heterocycles. The van der Waals surface area contributed by atoms with Crippen molar-refractivity contribution in [1.82, 2.24) is 9.97 Å². The maximum Gasteiger partial charge on any atom is 0.0937 e. The lowest BCUT2D eigenvalue weighted by molar-refractivity contribution is 0.729. The van der Waals surface area contributed by atoms with Gasteiger partial charge in [-0.05, 0) is 65.6 Å². The molecule has 4 aromatic rings. The predicted molar refractivity (Wildman–Crippen MR) is 136 cm³/mol. The van der Waals surface area contributed by atoms with Gasteiger partial charge in [0.1, 0.15) is 0 Å². The normalized spacial score (nSPS) is 13.6. The number of fused-ring (bicyclic) bond motifs is 3. The van der Waals surface area contributed by atoms with Crippen molar-refractivity contribution in [2.45, 2.75) is 46.0 Å². The topological polar surface area (TPSA) is 77.8 Å². The van der Waals surface area contributed by atoms with Gasteiger partial charge in [0.25, 0.3) is 0 Å². The van der Waals surface area contributed by atoms with E-state index in [0.717, 1.165) is 63.4 Å².